The Hall–Kier alpha value is -2.49. The van der Waals surface area contributed by atoms with Crippen molar-refractivity contribution >= 4 is 11.6 Å². The Kier molecular flexibility index (Phi) is 4.60. The lowest BCUT2D eigenvalue weighted by molar-refractivity contribution is -0.114. The number of hydrogen-bond acceptors (Lipinski definition) is 3. The summed E-state index contributed by atoms with van der Waals surface area (Å²) in [5, 5.41) is 2.74. The second kappa shape index (κ2) is 6.61. The molecule has 2 aromatic rings. The first kappa shape index (κ1) is 13.9. The maximum atomic E-state index is 11.2. The summed E-state index contributed by atoms with van der Waals surface area (Å²) < 4.78 is 11.1. The van der Waals surface area contributed by atoms with Crippen LogP contribution in [0.2, 0.25) is 0 Å². The first-order valence-electron chi connectivity index (χ1n) is 6.46. The van der Waals surface area contributed by atoms with Crippen molar-refractivity contribution in [2.75, 3.05) is 11.9 Å². The number of anilines is 1. The summed E-state index contributed by atoms with van der Waals surface area (Å²) in [7, 11) is 0. The van der Waals surface area contributed by atoms with Gasteiger partial charge in [0.15, 0.2) is 5.75 Å². The molecule has 2 aromatic carbocycles. The summed E-state index contributed by atoms with van der Waals surface area (Å²) in [6, 6.07) is 14.7. The van der Waals surface area contributed by atoms with Crippen molar-refractivity contribution in [2.24, 2.45) is 0 Å². The molecule has 0 atom stereocenters. The Morgan fingerprint density at radius 2 is 1.70 bits per heavy atom. The van der Waals surface area contributed by atoms with Gasteiger partial charge in [0.2, 0.25) is 5.91 Å². The smallest absolute Gasteiger partial charge is 0.221 e. The molecule has 1 N–H and O–H groups in total. The summed E-state index contributed by atoms with van der Waals surface area (Å²) >= 11 is 0. The fourth-order valence-electron chi connectivity index (χ4n) is 1.75. The van der Waals surface area contributed by atoms with E-state index in [9.17, 15) is 4.79 Å². The van der Waals surface area contributed by atoms with Gasteiger partial charge in [0.25, 0.3) is 0 Å². The SMILES string of the molecule is CCOc1ccc(Oc2ccccc2NC(C)=O)cc1. The van der Waals surface area contributed by atoms with Crippen LogP contribution in [0.3, 0.4) is 0 Å². The van der Waals surface area contributed by atoms with E-state index in [1.165, 1.54) is 6.92 Å². The van der Waals surface area contributed by atoms with E-state index in [-0.39, 0.29) is 5.91 Å². The van der Waals surface area contributed by atoms with Crippen LogP contribution in [0.1, 0.15) is 13.8 Å². The Morgan fingerprint density at radius 1 is 1.05 bits per heavy atom. The lowest BCUT2D eigenvalue weighted by atomic mass is 10.3. The molecule has 0 aliphatic heterocycles. The third-order valence-electron chi connectivity index (χ3n) is 2.56. The van der Waals surface area contributed by atoms with Crippen LogP contribution in [0.25, 0.3) is 0 Å². The van der Waals surface area contributed by atoms with Crippen LogP contribution < -0.4 is 14.8 Å². The van der Waals surface area contributed by atoms with Gasteiger partial charge >= 0.3 is 0 Å². The zero-order chi connectivity index (χ0) is 14.4. The number of benzene rings is 2. The van der Waals surface area contributed by atoms with E-state index in [0.717, 1.165) is 5.75 Å². The lowest BCUT2D eigenvalue weighted by Gasteiger charge is -2.11. The average molecular weight is 271 g/mol. The van der Waals surface area contributed by atoms with Crippen molar-refractivity contribution in [3.05, 3.63) is 48.5 Å². The quantitative estimate of drug-likeness (QED) is 0.898. The Labute approximate surface area is 118 Å². The van der Waals surface area contributed by atoms with E-state index in [4.69, 9.17) is 9.47 Å². The molecule has 0 saturated heterocycles. The molecule has 0 aliphatic rings. The zero-order valence-electron chi connectivity index (χ0n) is 11.6. The van der Waals surface area contributed by atoms with E-state index in [2.05, 4.69) is 5.32 Å². The highest BCUT2D eigenvalue weighted by atomic mass is 16.5. The first-order valence-corrected chi connectivity index (χ1v) is 6.46. The predicted molar refractivity (Wildman–Crippen MR) is 78.4 cm³/mol. The van der Waals surface area contributed by atoms with Crippen LogP contribution in [0.5, 0.6) is 17.2 Å². The van der Waals surface area contributed by atoms with Gasteiger partial charge in [0.05, 0.1) is 12.3 Å². The Balaban J connectivity index is 2.15. The minimum atomic E-state index is -0.132. The second-order valence-corrected chi connectivity index (χ2v) is 4.18. The van der Waals surface area contributed by atoms with Crippen LogP contribution >= 0.6 is 0 Å². The summed E-state index contributed by atoms with van der Waals surface area (Å²) in [6.07, 6.45) is 0. The number of rotatable bonds is 5. The maximum Gasteiger partial charge on any atom is 0.221 e. The summed E-state index contributed by atoms with van der Waals surface area (Å²) in [5.41, 5.74) is 0.647. The zero-order valence-corrected chi connectivity index (χ0v) is 11.6. The van der Waals surface area contributed by atoms with Crippen LogP contribution in [0.15, 0.2) is 48.5 Å². The molecular weight excluding hydrogens is 254 g/mol. The molecule has 0 aliphatic carbocycles. The predicted octanol–water partition coefficient (Wildman–Crippen LogP) is 3.84. The molecule has 4 heteroatoms. The molecule has 2 rings (SSSR count). The van der Waals surface area contributed by atoms with Crippen LogP contribution in [-0.4, -0.2) is 12.5 Å². The van der Waals surface area contributed by atoms with Crippen LogP contribution in [0, 0.1) is 0 Å². The molecular formula is C16H17NO3. The average Bonchev–Trinajstić information content (AvgIpc) is 2.43. The Morgan fingerprint density at radius 3 is 2.35 bits per heavy atom. The van der Waals surface area contributed by atoms with Crippen molar-refractivity contribution in [3.63, 3.8) is 0 Å². The molecule has 0 fully saturated rings. The summed E-state index contributed by atoms with van der Waals surface area (Å²) in [6.45, 7) is 4.04. The van der Waals surface area contributed by atoms with Gasteiger partial charge in [-0.15, -0.1) is 0 Å². The minimum absolute atomic E-state index is 0.132. The monoisotopic (exact) mass is 271 g/mol. The molecule has 104 valence electrons. The number of carbonyl (C=O) groups excluding carboxylic acids is 1. The van der Waals surface area contributed by atoms with Gasteiger partial charge in [0.1, 0.15) is 11.5 Å². The van der Waals surface area contributed by atoms with Crippen LogP contribution in [0.4, 0.5) is 5.69 Å². The maximum absolute atomic E-state index is 11.2. The molecule has 0 saturated carbocycles. The second-order valence-electron chi connectivity index (χ2n) is 4.18. The largest absolute Gasteiger partial charge is 0.494 e. The minimum Gasteiger partial charge on any atom is -0.494 e. The van der Waals surface area contributed by atoms with Gasteiger partial charge in [-0.2, -0.15) is 0 Å². The van der Waals surface area contributed by atoms with Crippen molar-refractivity contribution in [3.8, 4) is 17.2 Å². The number of ether oxygens (including phenoxy) is 2. The fourth-order valence-corrected chi connectivity index (χ4v) is 1.75. The highest BCUT2D eigenvalue weighted by Crippen LogP contribution is 2.30. The first-order chi connectivity index (χ1) is 9.69. The number of para-hydroxylation sites is 2. The lowest BCUT2D eigenvalue weighted by Crippen LogP contribution is -2.06. The van der Waals surface area contributed by atoms with E-state index >= 15 is 0 Å². The van der Waals surface area contributed by atoms with Gasteiger partial charge in [-0.25, -0.2) is 0 Å². The van der Waals surface area contributed by atoms with E-state index in [0.29, 0.717) is 23.8 Å². The third kappa shape index (κ3) is 3.75. The number of amides is 1. The molecule has 0 aromatic heterocycles. The van der Waals surface area contributed by atoms with Crippen LogP contribution in [-0.2, 0) is 4.79 Å². The standard InChI is InChI=1S/C16H17NO3/c1-3-19-13-8-10-14(11-9-13)20-16-7-5-4-6-15(16)17-12(2)18/h4-11H,3H2,1-2H3,(H,17,18). The molecule has 0 radical (unpaired) electrons. The van der Waals surface area contributed by atoms with E-state index in [1.807, 2.05) is 49.4 Å². The summed E-state index contributed by atoms with van der Waals surface area (Å²) in [5.74, 6) is 1.96. The van der Waals surface area contributed by atoms with Crippen molar-refractivity contribution in [1.82, 2.24) is 0 Å². The van der Waals surface area contributed by atoms with Gasteiger partial charge in [-0.1, -0.05) is 12.1 Å². The fraction of sp³-hybridized carbons (Fsp3) is 0.188. The molecule has 0 bridgehead atoms. The highest BCUT2D eigenvalue weighted by Gasteiger charge is 2.05. The highest BCUT2D eigenvalue weighted by molar-refractivity contribution is 5.90. The van der Waals surface area contributed by atoms with E-state index in [1.54, 1.807) is 6.07 Å². The molecule has 1 amide bonds. The van der Waals surface area contributed by atoms with Crippen molar-refractivity contribution in [1.29, 1.82) is 0 Å². The molecule has 0 heterocycles. The van der Waals surface area contributed by atoms with Gasteiger partial charge < -0.3 is 14.8 Å². The topological polar surface area (TPSA) is 47.6 Å². The molecule has 4 nitrogen and oxygen atoms in total. The molecule has 0 unspecified atom stereocenters. The van der Waals surface area contributed by atoms with Gasteiger partial charge in [0, 0.05) is 6.92 Å². The summed E-state index contributed by atoms with van der Waals surface area (Å²) in [4.78, 5) is 11.2. The number of carbonyl (C=O) groups is 1. The van der Waals surface area contributed by atoms with Gasteiger partial charge in [-0.05, 0) is 43.3 Å². The van der Waals surface area contributed by atoms with Crippen molar-refractivity contribution in [2.45, 2.75) is 13.8 Å². The van der Waals surface area contributed by atoms with Crippen molar-refractivity contribution < 1.29 is 14.3 Å². The third-order valence-corrected chi connectivity index (χ3v) is 2.56. The molecule has 0 spiro atoms. The number of hydrogen-bond donors (Lipinski definition) is 1. The number of nitrogens with one attached hydrogen (secondary N) is 1. The Bertz CT molecular complexity index is 579. The molecule has 20 heavy (non-hydrogen) atoms. The van der Waals surface area contributed by atoms with E-state index < -0.39 is 0 Å². The van der Waals surface area contributed by atoms with Gasteiger partial charge in [-0.3, -0.25) is 4.79 Å². The normalized spacial score (nSPS) is 9.90.